The Hall–Kier alpha value is -0.660. The lowest BCUT2D eigenvalue weighted by atomic mass is 10.1. The lowest BCUT2D eigenvalue weighted by Gasteiger charge is -2.37. The van der Waals surface area contributed by atoms with Crippen molar-refractivity contribution in [2.45, 2.75) is 38.5 Å². The summed E-state index contributed by atoms with van der Waals surface area (Å²) in [5, 5.41) is 3.11. The molecule has 0 spiro atoms. The van der Waals surface area contributed by atoms with E-state index in [2.05, 4.69) is 5.32 Å². The number of rotatable bonds is 2. The van der Waals surface area contributed by atoms with Gasteiger partial charge < -0.3 is 15.0 Å². The van der Waals surface area contributed by atoms with Gasteiger partial charge in [0.1, 0.15) is 0 Å². The van der Waals surface area contributed by atoms with Gasteiger partial charge in [-0.1, -0.05) is 0 Å². The Morgan fingerprint density at radius 1 is 1.42 bits per heavy atom. The van der Waals surface area contributed by atoms with Crippen LogP contribution in [0, 0.1) is 0 Å². The molecule has 0 saturated carbocycles. The highest BCUT2D eigenvalue weighted by molar-refractivity contribution is 7.91. The summed E-state index contributed by atoms with van der Waals surface area (Å²) in [7, 11) is -2.99. The summed E-state index contributed by atoms with van der Waals surface area (Å²) in [6.45, 7) is 5.46. The van der Waals surface area contributed by atoms with Gasteiger partial charge in [0.2, 0.25) is 5.91 Å². The molecular weight excluding hydrogens is 268 g/mol. The minimum Gasteiger partial charge on any atom is -0.375 e. The van der Waals surface area contributed by atoms with Crippen LogP contribution in [0.15, 0.2) is 0 Å². The Morgan fingerprint density at radius 2 is 2.16 bits per heavy atom. The minimum absolute atomic E-state index is 0.0113. The molecule has 110 valence electrons. The van der Waals surface area contributed by atoms with Crippen LogP contribution in [0.2, 0.25) is 0 Å². The molecule has 2 aliphatic rings. The Labute approximate surface area is 114 Å². The monoisotopic (exact) mass is 290 g/mol. The highest BCUT2D eigenvalue weighted by atomic mass is 32.2. The smallest absolute Gasteiger partial charge is 0.224 e. The van der Waals surface area contributed by atoms with Gasteiger partial charge in [0.25, 0.3) is 0 Å². The summed E-state index contributed by atoms with van der Waals surface area (Å²) in [4.78, 5) is 14.1. The summed E-state index contributed by atoms with van der Waals surface area (Å²) in [6, 6.07) is -0.194. The zero-order valence-corrected chi connectivity index (χ0v) is 12.3. The van der Waals surface area contributed by atoms with E-state index >= 15 is 0 Å². The molecule has 1 N–H and O–H groups in total. The summed E-state index contributed by atoms with van der Waals surface area (Å²) in [5.74, 6) is 0.243. The molecule has 2 rings (SSSR count). The van der Waals surface area contributed by atoms with E-state index in [0.29, 0.717) is 19.7 Å². The molecule has 2 heterocycles. The van der Waals surface area contributed by atoms with Crippen molar-refractivity contribution in [2.24, 2.45) is 0 Å². The first-order chi connectivity index (χ1) is 8.87. The van der Waals surface area contributed by atoms with Crippen molar-refractivity contribution in [1.82, 2.24) is 10.2 Å². The molecule has 19 heavy (non-hydrogen) atoms. The Balaban J connectivity index is 1.93. The number of morpholine rings is 1. The SMILES string of the molecule is CC1CN(C(=O)CC2CS(=O)(=O)CCN2)C(C)CO1. The van der Waals surface area contributed by atoms with Gasteiger partial charge in [0, 0.05) is 25.6 Å². The first kappa shape index (κ1) is 14.7. The summed E-state index contributed by atoms with van der Waals surface area (Å²) in [6.07, 6.45) is 0.291. The molecule has 3 atom stereocenters. The van der Waals surface area contributed by atoms with Crippen molar-refractivity contribution in [3.8, 4) is 0 Å². The second kappa shape index (κ2) is 5.76. The number of hydrogen-bond donors (Lipinski definition) is 1. The maximum atomic E-state index is 12.3. The summed E-state index contributed by atoms with van der Waals surface area (Å²) in [5.41, 5.74) is 0. The minimum atomic E-state index is -2.99. The van der Waals surface area contributed by atoms with Crippen LogP contribution in [-0.2, 0) is 19.4 Å². The second-order valence-corrected chi connectivity index (χ2v) is 7.74. The zero-order valence-electron chi connectivity index (χ0n) is 11.5. The number of carbonyl (C=O) groups excluding carboxylic acids is 1. The van der Waals surface area contributed by atoms with Gasteiger partial charge >= 0.3 is 0 Å². The van der Waals surface area contributed by atoms with Crippen molar-refractivity contribution in [1.29, 1.82) is 0 Å². The van der Waals surface area contributed by atoms with Gasteiger partial charge in [-0.05, 0) is 13.8 Å². The van der Waals surface area contributed by atoms with E-state index in [-0.39, 0.29) is 42.0 Å². The molecular formula is C12H22N2O4S. The maximum absolute atomic E-state index is 12.3. The standard InChI is InChI=1S/C12H22N2O4S/c1-9-7-18-10(2)6-14(9)12(15)5-11-8-19(16,17)4-3-13-11/h9-11,13H,3-8H2,1-2H3. The molecule has 0 aliphatic carbocycles. The van der Waals surface area contributed by atoms with Crippen LogP contribution in [0.1, 0.15) is 20.3 Å². The third kappa shape index (κ3) is 3.90. The van der Waals surface area contributed by atoms with Crippen LogP contribution >= 0.6 is 0 Å². The normalized spacial score (nSPS) is 35.1. The van der Waals surface area contributed by atoms with Crippen molar-refractivity contribution >= 4 is 15.7 Å². The quantitative estimate of drug-likeness (QED) is 0.735. The van der Waals surface area contributed by atoms with Crippen LogP contribution in [0.5, 0.6) is 0 Å². The third-order valence-electron chi connectivity index (χ3n) is 3.65. The van der Waals surface area contributed by atoms with E-state index in [4.69, 9.17) is 4.74 Å². The first-order valence-electron chi connectivity index (χ1n) is 6.72. The lowest BCUT2D eigenvalue weighted by molar-refractivity contribution is -0.143. The lowest BCUT2D eigenvalue weighted by Crippen LogP contribution is -2.53. The fourth-order valence-corrected chi connectivity index (χ4v) is 4.02. The molecule has 2 aliphatic heterocycles. The largest absolute Gasteiger partial charge is 0.375 e. The van der Waals surface area contributed by atoms with Gasteiger partial charge in [-0.3, -0.25) is 4.79 Å². The number of nitrogens with zero attached hydrogens (tertiary/aromatic N) is 1. The molecule has 2 fully saturated rings. The number of amides is 1. The van der Waals surface area contributed by atoms with Crippen LogP contribution in [0.4, 0.5) is 0 Å². The molecule has 1 amide bonds. The zero-order chi connectivity index (χ0) is 14.0. The summed E-state index contributed by atoms with van der Waals surface area (Å²) < 4.78 is 28.6. The van der Waals surface area contributed by atoms with Crippen molar-refractivity contribution < 1.29 is 17.9 Å². The molecule has 0 aromatic heterocycles. The maximum Gasteiger partial charge on any atom is 0.224 e. The third-order valence-corrected chi connectivity index (χ3v) is 5.39. The number of sulfone groups is 1. The Kier molecular flexibility index (Phi) is 4.47. The first-order valence-corrected chi connectivity index (χ1v) is 8.54. The van der Waals surface area contributed by atoms with Gasteiger partial charge in [0.05, 0.1) is 30.3 Å². The second-order valence-electron chi connectivity index (χ2n) is 5.51. The highest BCUT2D eigenvalue weighted by Gasteiger charge is 2.31. The molecule has 2 saturated heterocycles. The fraction of sp³-hybridized carbons (Fsp3) is 0.917. The van der Waals surface area contributed by atoms with Gasteiger partial charge in [-0.15, -0.1) is 0 Å². The predicted molar refractivity (Wildman–Crippen MR) is 71.7 cm³/mol. The molecule has 0 radical (unpaired) electrons. The number of ether oxygens (including phenoxy) is 1. The molecule has 0 bridgehead atoms. The molecule has 0 aromatic carbocycles. The van der Waals surface area contributed by atoms with Crippen LogP contribution in [-0.4, -0.2) is 68.6 Å². The molecule has 3 unspecified atom stereocenters. The average molecular weight is 290 g/mol. The summed E-state index contributed by atoms with van der Waals surface area (Å²) >= 11 is 0. The van der Waals surface area contributed by atoms with E-state index in [1.165, 1.54) is 0 Å². The van der Waals surface area contributed by atoms with Crippen molar-refractivity contribution in [3.05, 3.63) is 0 Å². The van der Waals surface area contributed by atoms with Crippen molar-refractivity contribution in [2.75, 3.05) is 31.2 Å². The molecule has 7 heteroatoms. The van der Waals surface area contributed by atoms with Crippen LogP contribution in [0.3, 0.4) is 0 Å². The number of carbonyl (C=O) groups is 1. The topological polar surface area (TPSA) is 75.7 Å². The van der Waals surface area contributed by atoms with E-state index < -0.39 is 9.84 Å². The van der Waals surface area contributed by atoms with E-state index in [0.717, 1.165) is 0 Å². The number of nitrogens with one attached hydrogen (secondary N) is 1. The average Bonchev–Trinajstić information content (AvgIpc) is 2.31. The van der Waals surface area contributed by atoms with Crippen molar-refractivity contribution in [3.63, 3.8) is 0 Å². The molecule has 0 aromatic rings. The highest BCUT2D eigenvalue weighted by Crippen LogP contribution is 2.14. The fourth-order valence-electron chi connectivity index (χ4n) is 2.58. The van der Waals surface area contributed by atoms with Crippen LogP contribution < -0.4 is 5.32 Å². The van der Waals surface area contributed by atoms with Crippen LogP contribution in [0.25, 0.3) is 0 Å². The molecule has 6 nitrogen and oxygen atoms in total. The van der Waals surface area contributed by atoms with Gasteiger partial charge in [-0.25, -0.2) is 8.42 Å². The van der Waals surface area contributed by atoms with Gasteiger partial charge in [-0.2, -0.15) is 0 Å². The Morgan fingerprint density at radius 3 is 2.84 bits per heavy atom. The van der Waals surface area contributed by atoms with E-state index in [9.17, 15) is 13.2 Å². The predicted octanol–water partition coefficient (Wildman–Crippen LogP) is -0.601. The van der Waals surface area contributed by atoms with E-state index in [1.807, 2.05) is 13.8 Å². The Bertz CT molecular complexity index is 437. The van der Waals surface area contributed by atoms with Gasteiger partial charge in [0.15, 0.2) is 9.84 Å². The van der Waals surface area contributed by atoms with E-state index in [1.54, 1.807) is 4.90 Å². The number of hydrogen-bond acceptors (Lipinski definition) is 5.